The summed E-state index contributed by atoms with van der Waals surface area (Å²) in [4.78, 5) is 13.7. The van der Waals surface area contributed by atoms with Crippen molar-refractivity contribution in [3.63, 3.8) is 0 Å². The number of hydrogen-bond acceptors (Lipinski definition) is 6. The number of carbonyl (C=O) groups excluding carboxylic acids is 1. The fraction of sp³-hybridized carbons (Fsp3) is 0.536. The average Bonchev–Trinajstić information content (AvgIpc) is 2.92. The summed E-state index contributed by atoms with van der Waals surface area (Å²) < 4.78 is 71.0. The molecule has 2 atom stereocenters. The predicted molar refractivity (Wildman–Crippen MR) is 141 cm³/mol. The summed E-state index contributed by atoms with van der Waals surface area (Å²) in [5, 5.41) is 8.33. The molecular formula is C28H36F2N2O6S. The highest BCUT2D eigenvalue weighted by atomic mass is 32.2. The molecule has 0 aromatic heterocycles. The van der Waals surface area contributed by atoms with Crippen molar-refractivity contribution in [3.05, 3.63) is 70.8 Å². The summed E-state index contributed by atoms with van der Waals surface area (Å²) in [5.41, 5.74) is -0.697. The number of nitrogens with zero attached hydrogens (tertiary/aromatic N) is 2. The Balaban J connectivity index is 1.60. The third-order valence-corrected chi connectivity index (χ3v) is 10.2. The second-order valence-corrected chi connectivity index (χ2v) is 12.3. The average molecular weight is 567 g/mol. The molecule has 0 unspecified atom stereocenters. The molecule has 1 amide bonds. The lowest BCUT2D eigenvalue weighted by atomic mass is 9.85. The summed E-state index contributed by atoms with van der Waals surface area (Å²) >= 11 is 0. The summed E-state index contributed by atoms with van der Waals surface area (Å²) in [6.45, 7) is 1.51. The molecule has 0 spiro atoms. The number of aliphatic hydroxyl groups is 1. The number of aliphatic hydroxyl groups excluding tert-OH is 1. The highest BCUT2D eigenvalue weighted by Crippen LogP contribution is 2.41. The lowest BCUT2D eigenvalue weighted by Gasteiger charge is -2.39. The van der Waals surface area contributed by atoms with E-state index in [-0.39, 0.29) is 69.5 Å². The summed E-state index contributed by atoms with van der Waals surface area (Å²) in [6.07, 6.45) is 1.48. The molecule has 2 aromatic rings. The van der Waals surface area contributed by atoms with Gasteiger partial charge >= 0.3 is 0 Å². The molecule has 0 bridgehead atoms. The fourth-order valence-corrected chi connectivity index (χ4v) is 7.54. The number of amides is 1. The van der Waals surface area contributed by atoms with Crippen molar-refractivity contribution in [2.24, 2.45) is 0 Å². The van der Waals surface area contributed by atoms with Gasteiger partial charge in [0.1, 0.15) is 29.1 Å². The van der Waals surface area contributed by atoms with E-state index in [1.54, 1.807) is 31.2 Å². The monoisotopic (exact) mass is 566 g/mol. The van der Waals surface area contributed by atoms with Crippen LogP contribution in [0.15, 0.2) is 42.5 Å². The number of halogens is 2. The van der Waals surface area contributed by atoms with Gasteiger partial charge in [0.25, 0.3) is 0 Å². The second kappa shape index (κ2) is 12.4. The Kier molecular flexibility index (Phi) is 9.38. The van der Waals surface area contributed by atoms with E-state index in [9.17, 15) is 13.2 Å². The maximum Gasteiger partial charge on any atom is 0.248 e. The van der Waals surface area contributed by atoms with E-state index >= 15 is 8.78 Å². The maximum atomic E-state index is 15.7. The van der Waals surface area contributed by atoms with Gasteiger partial charge in [-0.3, -0.25) is 4.79 Å². The molecule has 0 radical (unpaired) electrons. The van der Waals surface area contributed by atoms with E-state index in [1.807, 2.05) is 6.07 Å². The van der Waals surface area contributed by atoms with Crippen LogP contribution in [0.3, 0.4) is 0 Å². The number of ether oxygens (including phenoxy) is 2. The number of hydrogen-bond donors (Lipinski definition) is 1. The Morgan fingerprint density at radius 3 is 2.51 bits per heavy atom. The van der Waals surface area contributed by atoms with Crippen LogP contribution in [-0.2, 0) is 36.4 Å². The summed E-state index contributed by atoms with van der Waals surface area (Å²) in [6, 6.07) is 10.7. The van der Waals surface area contributed by atoms with E-state index in [0.29, 0.717) is 18.4 Å². The minimum Gasteiger partial charge on any atom is -0.395 e. The molecule has 0 aliphatic carbocycles. The summed E-state index contributed by atoms with van der Waals surface area (Å²) in [5.74, 6) is -1.87. The zero-order valence-electron chi connectivity index (χ0n) is 22.3. The van der Waals surface area contributed by atoms with Crippen molar-refractivity contribution in [2.75, 3.05) is 40.0 Å². The largest absolute Gasteiger partial charge is 0.395 e. The van der Waals surface area contributed by atoms with Crippen LogP contribution in [0, 0.1) is 11.6 Å². The molecule has 2 aromatic carbocycles. The molecule has 11 heteroatoms. The first-order valence-corrected chi connectivity index (χ1v) is 14.7. The van der Waals surface area contributed by atoms with E-state index < -0.39 is 38.4 Å². The van der Waals surface area contributed by atoms with E-state index in [4.69, 9.17) is 14.6 Å². The first kappa shape index (κ1) is 29.5. The van der Waals surface area contributed by atoms with Crippen LogP contribution >= 0.6 is 0 Å². The highest BCUT2D eigenvalue weighted by Gasteiger charge is 2.42. The van der Waals surface area contributed by atoms with Crippen LogP contribution in [0.1, 0.15) is 54.5 Å². The molecule has 4 rings (SSSR count). The molecule has 2 fully saturated rings. The molecule has 8 nitrogen and oxygen atoms in total. The Morgan fingerprint density at radius 1 is 1.15 bits per heavy atom. The minimum atomic E-state index is -3.83. The van der Waals surface area contributed by atoms with Gasteiger partial charge in [-0.25, -0.2) is 17.2 Å². The van der Waals surface area contributed by atoms with Crippen molar-refractivity contribution >= 4 is 15.9 Å². The number of sulfonamides is 1. The second-order valence-electron chi connectivity index (χ2n) is 10.3. The van der Waals surface area contributed by atoms with Crippen LogP contribution < -0.4 is 0 Å². The van der Waals surface area contributed by atoms with Gasteiger partial charge in [0.15, 0.2) is 0 Å². The van der Waals surface area contributed by atoms with Gasteiger partial charge < -0.3 is 19.5 Å². The molecule has 0 saturated carbocycles. The van der Waals surface area contributed by atoms with Gasteiger partial charge in [0, 0.05) is 63.4 Å². The van der Waals surface area contributed by atoms with Crippen LogP contribution in [0.2, 0.25) is 0 Å². The Labute approximate surface area is 228 Å². The van der Waals surface area contributed by atoms with Gasteiger partial charge in [-0.2, -0.15) is 4.31 Å². The molecule has 1 N–H and O–H groups in total. The van der Waals surface area contributed by atoms with Gasteiger partial charge in [-0.1, -0.05) is 30.3 Å². The zero-order chi connectivity index (χ0) is 28.2. The number of rotatable bonds is 9. The molecule has 2 heterocycles. The van der Waals surface area contributed by atoms with E-state index in [2.05, 4.69) is 0 Å². The molecule has 2 saturated heterocycles. The smallest absolute Gasteiger partial charge is 0.248 e. The quantitative estimate of drug-likeness (QED) is 0.499. The minimum absolute atomic E-state index is 0.0265. The first-order chi connectivity index (χ1) is 18.6. The van der Waals surface area contributed by atoms with Crippen LogP contribution in [0.25, 0.3) is 0 Å². The van der Waals surface area contributed by atoms with Gasteiger partial charge in [-0.15, -0.1) is 0 Å². The van der Waals surface area contributed by atoms with E-state index in [0.717, 1.165) is 12.1 Å². The number of benzene rings is 2. The SMILES string of the molecule is C[C@H]1CC[C@H](c2ccccc2)S(=O)(=O)N1Cc1cc(F)c(C2(OCC(=O)N(C)CCO)CCOCC2)cc1F. The third-order valence-electron chi connectivity index (χ3n) is 7.78. The Hall–Kier alpha value is -2.44. The van der Waals surface area contributed by atoms with Gasteiger partial charge in [0.2, 0.25) is 15.9 Å². The van der Waals surface area contributed by atoms with Crippen molar-refractivity contribution in [3.8, 4) is 0 Å². The molecule has 39 heavy (non-hydrogen) atoms. The fourth-order valence-electron chi connectivity index (χ4n) is 5.36. The van der Waals surface area contributed by atoms with Crippen LogP contribution in [-0.4, -0.2) is 74.7 Å². The topological polar surface area (TPSA) is 96.4 Å². The molecular weight excluding hydrogens is 530 g/mol. The van der Waals surface area contributed by atoms with Crippen molar-refractivity contribution in [1.82, 2.24) is 9.21 Å². The third kappa shape index (κ3) is 6.33. The molecule has 2 aliphatic heterocycles. The lowest BCUT2D eigenvalue weighted by Crippen LogP contribution is -2.45. The van der Waals surface area contributed by atoms with Crippen molar-refractivity contribution in [1.29, 1.82) is 0 Å². The predicted octanol–water partition coefficient (Wildman–Crippen LogP) is 3.49. The number of carbonyl (C=O) groups is 1. The van der Waals surface area contributed by atoms with E-state index in [1.165, 1.54) is 16.3 Å². The number of likely N-dealkylation sites (N-methyl/N-ethyl adjacent to an activating group) is 1. The van der Waals surface area contributed by atoms with Gasteiger partial charge in [0.05, 0.1) is 6.61 Å². The summed E-state index contributed by atoms with van der Waals surface area (Å²) in [7, 11) is -2.31. The standard InChI is InChI=1S/C28H36F2N2O6S/c1-20-8-9-26(21-6-4-3-5-7-21)39(35,36)32(20)18-22-16-25(30)23(17-24(22)29)28(10-14-37-15-11-28)38-19-27(34)31(2)12-13-33/h3-7,16-17,20,26,33H,8-15,18-19H2,1-2H3/t20-,26+/m0/s1. The first-order valence-electron chi connectivity index (χ1n) is 13.2. The highest BCUT2D eigenvalue weighted by molar-refractivity contribution is 7.89. The molecule has 214 valence electrons. The zero-order valence-corrected chi connectivity index (χ0v) is 23.1. The Morgan fingerprint density at radius 2 is 1.85 bits per heavy atom. The van der Waals surface area contributed by atoms with Crippen LogP contribution in [0.4, 0.5) is 8.78 Å². The van der Waals surface area contributed by atoms with Crippen molar-refractivity contribution < 1.29 is 36.6 Å². The van der Waals surface area contributed by atoms with Crippen molar-refractivity contribution in [2.45, 2.75) is 56.0 Å². The Bertz CT molecular complexity index is 1250. The van der Waals surface area contributed by atoms with Crippen LogP contribution in [0.5, 0.6) is 0 Å². The maximum absolute atomic E-state index is 15.7. The normalized spacial score (nSPS) is 22.9. The lowest BCUT2D eigenvalue weighted by molar-refractivity contribution is -0.154. The molecule has 2 aliphatic rings. The van der Waals surface area contributed by atoms with Gasteiger partial charge in [-0.05, 0) is 37.5 Å².